The highest BCUT2D eigenvalue weighted by Crippen LogP contribution is 2.62. The van der Waals surface area contributed by atoms with Crippen molar-refractivity contribution in [3.05, 3.63) is 11.6 Å². The van der Waals surface area contributed by atoms with Crippen molar-refractivity contribution in [1.29, 1.82) is 0 Å². The van der Waals surface area contributed by atoms with Gasteiger partial charge in [-0.15, -0.1) is 0 Å². The minimum absolute atomic E-state index is 0.0778. The first-order valence-electron chi connectivity index (χ1n) is 7.12. The van der Waals surface area contributed by atoms with Gasteiger partial charge in [-0.05, 0) is 38.0 Å². The van der Waals surface area contributed by atoms with E-state index in [4.69, 9.17) is 4.74 Å². The Morgan fingerprint density at radius 2 is 2.06 bits per heavy atom. The molecule has 2 nitrogen and oxygen atoms in total. The van der Waals surface area contributed by atoms with Crippen LogP contribution in [0.1, 0.15) is 54.4 Å². The fourth-order valence-corrected chi connectivity index (χ4v) is 3.12. The van der Waals surface area contributed by atoms with Gasteiger partial charge >= 0.3 is 5.97 Å². The van der Waals surface area contributed by atoms with Gasteiger partial charge in [0.25, 0.3) is 0 Å². The molecule has 104 valence electrons. The standard InChI is InChI=1S/C16H28O2/c1-7-14(17)18-10-16(6)13(5)15(16)12(4)9-8-11(2)3/h8,12-13,15H,7,9-10H2,1-6H3/t12-,13+,15?,16?/m0/s1. The average molecular weight is 252 g/mol. The molecule has 0 radical (unpaired) electrons. The van der Waals surface area contributed by atoms with Gasteiger partial charge in [0.05, 0.1) is 6.61 Å². The summed E-state index contributed by atoms with van der Waals surface area (Å²) in [4.78, 5) is 11.3. The molecular weight excluding hydrogens is 224 g/mol. The third-order valence-electron chi connectivity index (χ3n) is 4.58. The molecule has 0 aromatic carbocycles. The van der Waals surface area contributed by atoms with Gasteiger partial charge in [0.2, 0.25) is 0 Å². The Morgan fingerprint density at radius 1 is 1.44 bits per heavy atom. The summed E-state index contributed by atoms with van der Waals surface area (Å²) >= 11 is 0. The van der Waals surface area contributed by atoms with Crippen molar-refractivity contribution in [2.75, 3.05) is 6.61 Å². The van der Waals surface area contributed by atoms with Crippen molar-refractivity contribution in [3.8, 4) is 0 Å². The average Bonchev–Trinajstić information content (AvgIpc) is 2.86. The van der Waals surface area contributed by atoms with E-state index in [1.54, 1.807) is 0 Å². The van der Waals surface area contributed by atoms with E-state index < -0.39 is 0 Å². The number of esters is 1. The second kappa shape index (κ2) is 5.90. The number of hydrogen-bond acceptors (Lipinski definition) is 2. The second-order valence-corrected chi connectivity index (χ2v) is 6.33. The molecule has 0 heterocycles. The molecule has 4 atom stereocenters. The molecule has 0 aromatic heterocycles. The molecule has 1 aliphatic rings. The van der Waals surface area contributed by atoms with Gasteiger partial charge in [0.1, 0.15) is 0 Å². The van der Waals surface area contributed by atoms with Gasteiger partial charge in [0.15, 0.2) is 0 Å². The Kier molecular flexibility index (Phi) is 5.01. The third-order valence-corrected chi connectivity index (χ3v) is 4.58. The van der Waals surface area contributed by atoms with Gasteiger partial charge in [-0.3, -0.25) is 4.79 Å². The van der Waals surface area contributed by atoms with Crippen molar-refractivity contribution in [2.24, 2.45) is 23.2 Å². The second-order valence-electron chi connectivity index (χ2n) is 6.33. The molecule has 0 bridgehead atoms. The van der Waals surface area contributed by atoms with Crippen molar-refractivity contribution in [3.63, 3.8) is 0 Å². The molecule has 0 aliphatic heterocycles. The van der Waals surface area contributed by atoms with Crippen LogP contribution < -0.4 is 0 Å². The number of carbonyl (C=O) groups is 1. The largest absolute Gasteiger partial charge is 0.465 e. The van der Waals surface area contributed by atoms with Crippen LogP contribution in [-0.4, -0.2) is 12.6 Å². The lowest BCUT2D eigenvalue weighted by molar-refractivity contribution is -0.145. The first-order chi connectivity index (χ1) is 8.32. The van der Waals surface area contributed by atoms with Gasteiger partial charge in [0, 0.05) is 11.8 Å². The summed E-state index contributed by atoms with van der Waals surface area (Å²) in [6, 6.07) is 0. The Balaban J connectivity index is 2.49. The lowest BCUT2D eigenvalue weighted by Crippen LogP contribution is -2.16. The van der Waals surface area contributed by atoms with Crippen LogP contribution in [0, 0.1) is 23.2 Å². The van der Waals surface area contributed by atoms with Crippen LogP contribution in [0.4, 0.5) is 0 Å². The number of carbonyl (C=O) groups excluding carboxylic acids is 1. The number of ether oxygens (including phenoxy) is 1. The van der Waals surface area contributed by atoms with E-state index in [-0.39, 0.29) is 11.4 Å². The van der Waals surface area contributed by atoms with Crippen molar-refractivity contribution in [2.45, 2.75) is 54.4 Å². The SMILES string of the molecule is CCC(=O)OCC1(C)C([C@@H](C)CC=C(C)C)[C@H]1C. The summed E-state index contributed by atoms with van der Waals surface area (Å²) in [7, 11) is 0. The number of allylic oxidation sites excluding steroid dienone is 2. The summed E-state index contributed by atoms with van der Waals surface area (Å²) in [5.41, 5.74) is 1.58. The van der Waals surface area contributed by atoms with E-state index in [0.717, 1.165) is 6.42 Å². The highest BCUT2D eigenvalue weighted by atomic mass is 16.5. The molecule has 0 saturated heterocycles. The Labute approximate surface area is 112 Å². The number of hydrogen-bond donors (Lipinski definition) is 0. The maximum absolute atomic E-state index is 11.3. The van der Waals surface area contributed by atoms with Gasteiger partial charge in [-0.25, -0.2) is 0 Å². The maximum Gasteiger partial charge on any atom is 0.305 e. The highest BCUT2D eigenvalue weighted by molar-refractivity contribution is 5.68. The summed E-state index contributed by atoms with van der Waals surface area (Å²) in [6.07, 6.45) is 3.92. The molecule has 2 unspecified atom stereocenters. The smallest absolute Gasteiger partial charge is 0.305 e. The first-order valence-corrected chi connectivity index (χ1v) is 7.12. The Bertz CT molecular complexity index is 328. The highest BCUT2D eigenvalue weighted by Gasteiger charge is 2.60. The molecule has 1 aliphatic carbocycles. The van der Waals surface area contributed by atoms with E-state index in [2.05, 4.69) is 40.7 Å². The van der Waals surface area contributed by atoms with Crippen LogP contribution in [0.25, 0.3) is 0 Å². The summed E-state index contributed by atoms with van der Waals surface area (Å²) in [5, 5.41) is 0. The minimum atomic E-state index is -0.0778. The van der Waals surface area contributed by atoms with Crippen LogP contribution in [0.5, 0.6) is 0 Å². The summed E-state index contributed by atoms with van der Waals surface area (Å²) < 4.78 is 5.34. The molecule has 1 rings (SSSR count). The fourth-order valence-electron chi connectivity index (χ4n) is 3.12. The predicted octanol–water partition coefficient (Wildman–Crippen LogP) is 4.20. The van der Waals surface area contributed by atoms with Gasteiger partial charge in [-0.2, -0.15) is 0 Å². The molecule has 1 saturated carbocycles. The predicted molar refractivity (Wildman–Crippen MR) is 75.2 cm³/mol. The van der Waals surface area contributed by atoms with Crippen LogP contribution in [0.15, 0.2) is 11.6 Å². The van der Waals surface area contributed by atoms with Crippen LogP contribution in [0.2, 0.25) is 0 Å². The zero-order chi connectivity index (χ0) is 13.9. The van der Waals surface area contributed by atoms with E-state index in [1.165, 1.54) is 5.57 Å². The molecule has 18 heavy (non-hydrogen) atoms. The topological polar surface area (TPSA) is 26.3 Å². The molecule has 1 fully saturated rings. The monoisotopic (exact) mass is 252 g/mol. The lowest BCUT2D eigenvalue weighted by Gasteiger charge is -2.15. The van der Waals surface area contributed by atoms with Crippen molar-refractivity contribution >= 4 is 5.97 Å². The molecule has 0 aromatic rings. The zero-order valence-electron chi connectivity index (χ0n) is 12.7. The van der Waals surface area contributed by atoms with E-state index in [0.29, 0.717) is 30.8 Å². The van der Waals surface area contributed by atoms with E-state index in [1.807, 2.05) is 6.92 Å². The minimum Gasteiger partial charge on any atom is -0.465 e. The molecule has 0 spiro atoms. The van der Waals surface area contributed by atoms with Crippen LogP contribution in [0.3, 0.4) is 0 Å². The zero-order valence-corrected chi connectivity index (χ0v) is 12.7. The normalized spacial score (nSPS) is 31.7. The van der Waals surface area contributed by atoms with Crippen molar-refractivity contribution in [1.82, 2.24) is 0 Å². The number of rotatable bonds is 6. The van der Waals surface area contributed by atoms with E-state index in [9.17, 15) is 4.79 Å². The Morgan fingerprint density at radius 3 is 2.56 bits per heavy atom. The molecular formula is C16H28O2. The first kappa shape index (κ1) is 15.3. The maximum atomic E-state index is 11.3. The van der Waals surface area contributed by atoms with Gasteiger partial charge < -0.3 is 4.74 Å². The Hall–Kier alpha value is -0.790. The molecule has 0 amide bonds. The molecule has 0 N–H and O–H groups in total. The van der Waals surface area contributed by atoms with Crippen LogP contribution >= 0.6 is 0 Å². The summed E-state index contributed by atoms with van der Waals surface area (Å²) in [5.74, 6) is 1.92. The van der Waals surface area contributed by atoms with Crippen LogP contribution in [-0.2, 0) is 9.53 Å². The van der Waals surface area contributed by atoms with Gasteiger partial charge in [-0.1, -0.05) is 39.3 Å². The van der Waals surface area contributed by atoms with Crippen molar-refractivity contribution < 1.29 is 9.53 Å². The molecule has 2 heteroatoms. The fraction of sp³-hybridized carbons (Fsp3) is 0.812. The van der Waals surface area contributed by atoms with E-state index >= 15 is 0 Å². The third kappa shape index (κ3) is 3.37. The lowest BCUT2D eigenvalue weighted by atomic mass is 9.94. The summed E-state index contributed by atoms with van der Waals surface area (Å²) in [6.45, 7) is 13.6. The quantitative estimate of drug-likeness (QED) is 0.523.